The highest BCUT2D eigenvalue weighted by atomic mass is 16.6. The van der Waals surface area contributed by atoms with Gasteiger partial charge in [0.15, 0.2) is 23.2 Å². The van der Waals surface area contributed by atoms with E-state index < -0.39 is 31.1 Å². The molecule has 1 aliphatic heterocycles. The number of rotatable bonds is 6. The van der Waals surface area contributed by atoms with E-state index in [9.17, 15) is 15.3 Å². The van der Waals surface area contributed by atoms with Crippen molar-refractivity contribution >= 4 is 22.9 Å². The Morgan fingerprint density at radius 3 is 2.66 bits per heavy atom. The molecule has 0 bridgehead atoms. The lowest BCUT2D eigenvalue weighted by molar-refractivity contribution is -0.0501. The van der Waals surface area contributed by atoms with Gasteiger partial charge in [0.1, 0.15) is 24.6 Å². The zero-order valence-electron chi connectivity index (χ0n) is 15.9. The van der Waals surface area contributed by atoms with E-state index in [0.717, 1.165) is 12.0 Å². The van der Waals surface area contributed by atoms with E-state index in [0.29, 0.717) is 17.1 Å². The van der Waals surface area contributed by atoms with Crippen molar-refractivity contribution in [3.8, 4) is 0 Å². The van der Waals surface area contributed by atoms with Crippen molar-refractivity contribution in [1.82, 2.24) is 19.5 Å². The zero-order chi connectivity index (χ0) is 20.5. The Hall–Kier alpha value is -2.79. The minimum Gasteiger partial charge on any atom is -0.394 e. The van der Waals surface area contributed by atoms with Crippen molar-refractivity contribution in [2.24, 2.45) is 0 Å². The molecule has 1 fully saturated rings. The average molecular weight is 400 g/mol. The fourth-order valence-corrected chi connectivity index (χ4v) is 3.60. The van der Waals surface area contributed by atoms with E-state index in [1.165, 1.54) is 6.33 Å². The van der Waals surface area contributed by atoms with E-state index in [1.807, 2.05) is 37.3 Å². The minimum atomic E-state index is -1.27. The van der Waals surface area contributed by atoms with Gasteiger partial charge < -0.3 is 31.1 Å². The first-order valence-electron chi connectivity index (χ1n) is 9.41. The number of nitrogen functional groups attached to an aromatic ring is 1. The second-order valence-electron chi connectivity index (χ2n) is 7.20. The number of fused-ring (bicyclic) bond motifs is 1. The van der Waals surface area contributed by atoms with Crippen LogP contribution in [0.1, 0.15) is 18.7 Å². The van der Waals surface area contributed by atoms with Gasteiger partial charge in [-0.1, -0.05) is 30.3 Å². The number of nitrogens with one attached hydrogen (secondary N) is 1. The van der Waals surface area contributed by atoms with Gasteiger partial charge >= 0.3 is 0 Å². The molecule has 3 heterocycles. The molecule has 0 spiro atoms. The number of imidazole rings is 1. The van der Waals surface area contributed by atoms with E-state index in [-0.39, 0.29) is 11.9 Å². The predicted octanol–water partition coefficient (Wildman–Crippen LogP) is 0.0631. The van der Waals surface area contributed by atoms with Crippen LogP contribution >= 0.6 is 0 Å². The van der Waals surface area contributed by atoms with Crippen molar-refractivity contribution in [3.05, 3.63) is 42.2 Å². The van der Waals surface area contributed by atoms with Gasteiger partial charge in [-0.25, -0.2) is 15.0 Å². The number of ether oxygens (including phenoxy) is 1. The first kappa shape index (κ1) is 19.5. The number of aliphatic hydroxyl groups is 3. The first-order valence-corrected chi connectivity index (χ1v) is 9.41. The Morgan fingerprint density at radius 1 is 1.21 bits per heavy atom. The van der Waals surface area contributed by atoms with E-state index >= 15 is 0 Å². The first-order chi connectivity index (χ1) is 14.0. The Bertz CT molecular complexity index is 981. The lowest BCUT2D eigenvalue weighted by Crippen LogP contribution is -2.33. The fraction of sp³-hybridized carbons (Fsp3) is 0.421. The molecule has 2 aromatic heterocycles. The smallest absolute Gasteiger partial charge is 0.207 e. The molecule has 29 heavy (non-hydrogen) atoms. The molecule has 1 aliphatic rings. The van der Waals surface area contributed by atoms with E-state index in [2.05, 4.69) is 20.3 Å². The molecule has 5 atom stereocenters. The highest BCUT2D eigenvalue weighted by Crippen LogP contribution is 2.35. The number of nitrogens with two attached hydrogens (primary N) is 1. The maximum absolute atomic E-state index is 10.5. The molecule has 3 aromatic rings. The lowest BCUT2D eigenvalue weighted by Gasteiger charge is -2.21. The Balaban J connectivity index is 1.70. The summed E-state index contributed by atoms with van der Waals surface area (Å²) in [6.45, 7) is 1.58. The number of aliphatic hydroxyl groups excluding tert-OH is 3. The number of benzene rings is 1. The molecule has 154 valence electrons. The third-order valence-electron chi connectivity index (χ3n) is 5.04. The second-order valence-corrected chi connectivity index (χ2v) is 7.20. The van der Waals surface area contributed by atoms with Gasteiger partial charge in [-0.2, -0.15) is 0 Å². The molecule has 0 saturated carbocycles. The molecule has 0 amide bonds. The highest BCUT2D eigenvalue weighted by molar-refractivity contribution is 5.84. The van der Waals surface area contributed by atoms with Gasteiger partial charge in [0.05, 0.1) is 6.61 Å². The van der Waals surface area contributed by atoms with Gasteiger partial charge in [0, 0.05) is 6.04 Å². The third-order valence-corrected chi connectivity index (χ3v) is 5.04. The number of anilines is 2. The van der Waals surface area contributed by atoms with E-state index in [1.54, 1.807) is 4.57 Å². The van der Waals surface area contributed by atoms with Crippen LogP contribution in [0.15, 0.2) is 36.7 Å². The molecular weight excluding hydrogens is 376 g/mol. The van der Waals surface area contributed by atoms with Crippen LogP contribution in [0, 0.1) is 0 Å². The maximum atomic E-state index is 10.5. The number of nitrogens with zero attached hydrogens (tertiary/aromatic N) is 4. The monoisotopic (exact) mass is 400 g/mol. The van der Waals surface area contributed by atoms with Crippen molar-refractivity contribution in [3.63, 3.8) is 0 Å². The van der Waals surface area contributed by atoms with Crippen LogP contribution in [-0.4, -0.2) is 65.8 Å². The molecule has 1 aromatic carbocycles. The quantitative estimate of drug-likeness (QED) is 0.387. The summed E-state index contributed by atoms with van der Waals surface area (Å²) < 4.78 is 7.25. The standard InChI is InChI=1S/C19H24N6O4/c1-10(7-11-5-3-2-4-6-11)23-19-24-13-16(20)21-9-22-17(13)25(19)18-15(28)14(27)12(8-26)29-18/h2-6,9-10,12,14-15,18,26-28H,7-8H2,1H3,(H,23,24)(H2,20,21,22)/t10-,12-,14-,15-,18-/m1/s1. The maximum Gasteiger partial charge on any atom is 0.207 e. The largest absolute Gasteiger partial charge is 0.394 e. The zero-order valence-corrected chi connectivity index (χ0v) is 15.9. The van der Waals surface area contributed by atoms with Gasteiger partial charge in [-0.05, 0) is 18.9 Å². The highest BCUT2D eigenvalue weighted by Gasteiger charge is 2.45. The van der Waals surface area contributed by atoms with Crippen LogP contribution in [-0.2, 0) is 11.2 Å². The van der Waals surface area contributed by atoms with Crippen molar-refractivity contribution in [2.75, 3.05) is 17.7 Å². The second kappa shape index (κ2) is 7.91. The molecule has 10 heteroatoms. The molecular formula is C19H24N6O4. The summed E-state index contributed by atoms with van der Waals surface area (Å²) in [6.07, 6.45) is -2.38. The van der Waals surface area contributed by atoms with Gasteiger partial charge in [-0.15, -0.1) is 0 Å². The number of hydrogen-bond donors (Lipinski definition) is 5. The van der Waals surface area contributed by atoms with Crippen molar-refractivity contribution in [1.29, 1.82) is 0 Å². The summed E-state index contributed by atoms with van der Waals surface area (Å²) in [5.74, 6) is 0.574. The van der Waals surface area contributed by atoms with Crippen molar-refractivity contribution in [2.45, 2.75) is 43.9 Å². The van der Waals surface area contributed by atoms with Crippen LogP contribution in [0.5, 0.6) is 0 Å². The van der Waals surface area contributed by atoms with Crippen molar-refractivity contribution < 1.29 is 20.1 Å². The molecule has 1 saturated heterocycles. The third kappa shape index (κ3) is 3.62. The lowest BCUT2D eigenvalue weighted by atomic mass is 10.1. The summed E-state index contributed by atoms with van der Waals surface area (Å²) in [5, 5.41) is 33.4. The number of hydrogen-bond acceptors (Lipinski definition) is 9. The molecule has 0 unspecified atom stereocenters. The Kier molecular flexibility index (Phi) is 5.33. The minimum absolute atomic E-state index is 0.0146. The summed E-state index contributed by atoms with van der Waals surface area (Å²) in [6, 6.07) is 9.98. The SMILES string of the molecule is C[C@H](Cc1ccccc1)Nc1nc2c(N)ncnc2n1[C@@H]1O[C@H](CO)[C@@H](O)[C@H]1O. The van der Waals surface area contributed by atoms with Crippen LogP contribution in [0.3, 0.4) is 0 Å². The van der Waals surface area contributed by atoms with Crippen LogP contribution in [0.25, 0.3) is 11.2 Å². The molecule has 0 radical (unpaired) electrons. The van der Waals surface area contributed by atoms with Gasteiger partial charge in [0.2, 0.25) is 5.95 Å². The summed E-state index contributed by atoms with van der Waals surface area (Å²) in [5.41, 5.74) is 7.84. The molecule has 4 rings (SSSR count). The van der Waals surface area contributed by atoms with Crippen LogP contribution in [0.2, 0.25) is 0 Å². The molecule has 6 N–H and O–H groups in total. The normalized spacial score (nSPS) is 25.4. The topological polar surface area (TPSA) is 152 Å². The van der Waals surface area contributed by atoms with E-state index in [4.69, 9.17) is 10.5 Å². The van der Waals surface area contributed by atoms with Crippen LogP contribution < -0.4 is 11.1 Å². The number of aromatic nitrogens is 4. The fourth-order valence-electron chi connectivity index (χ4n) is 3.60. The summed E-state index contributed by atoms with van der Waals surface area (Å²) in [7, 11) is 0. The molecule has 0 aliphatic carbocycles. The average Bonchev–Trinajstić information content (AvgIpc) is 3.20. The van der Waals surface area contributed by atoms with Gasteiger partial charge in [-0.3, -0.25) is 4.57 Å². The summed E-state index contributed by atoms with van der Waals surface area (Å²) >= 11 is 0. The Labute approximate surface area is 167 Å². The molecule has 10 nitrogen and oxygen atoms in total. The Morgan fingerprint density at radius 2 is 1.97 bits per heavy atom. The van der Waals surface area contributed by atoms with Crippen LogP contribution in [0.4, 0.5) is 11.8 Å². The summed E-state index contributed by atoms with van der Waals surface area (Å²) in [4.78, 5) is 12.7. The predicted molar refractivity (Wildman–Crippen MR) is 106 cm³/mol. The van der Waals surface area contributed by atoms with Gasteiger partial charge in [0.25, 0.3) is 0 Å².